The zero-order valence-corrected chi connectivity index (χ0v) is 13.1. The van der Waals surface area contributed by atoms with Crippen molar-refractivity contribution in [3.05, 3.63) is 0 Å². The number of rotatable bonds is 7. The van der Waals surface area contributed by atoms with E-state index in [0.717, 1.165) is 31.1 Å². The molecule has 0 radical (unpaired) electrons. The molecule has 4 atom stereocenters. The number of hydrogen-bond acceptors (Lipinski definition) is 2. The summed E-state index contributed by atoms with van der Waals surface area (Å²) in [5, 5.41) is 6.09. The van der Waals surface area contributed by atoms with E-state index in [1.54, 1.807) is 0 Å². The first-order valence-corrected chi connectivity index (χ1v) is 8.70. The first-order chi connectivity index (χ1) is 10.1. The van der Waals surface area contributed by atoms with Crippen molar-refractivity contribution >= 4 is 11.8 Å². The fraction of sp³-hybridized carbons (Fsp3) is 0.882. The van der Waals surface area contributed by atoms with Gasteiger partial charge in [-0.1, -0.05) is 6.42 Å². The zero-order valence-electron chi connectivity index (χ0n) is 13.1. The summed E-state index contributed by atoms with van der Waals surface area (Å²) in [6, 6.07) is 0.314. The maximum atomic E-state index is 12.0. The molecule has 2 bridgehead atoms. The third-order valence-corrected chi connectivity index (χ3v) is 5.65. The monoisotopic (exact) mass is 292 g/mol. The third kappa shape index (κ3) is 3.78. The van der Waals surface area contributed by atoms with Crippen LogP contribution in [0.5, 0.6) is 0 Å². The fourth-order valence-electron chi connectivity index (χ4n) is 4.29. The van der Waals surface area contributed by atoms with E-state index in [2.05, 4.69) is 17.6 Å². The average Bonchev–Trinajstić information content (AvgIpc) is 3.11. The summed E-state index contributed by atoms with van der Waals surface area (Å²) in [7, 11) is 0. The molecule has 2 amide bonds. The Bertz CT molecular complexity index is 406. The van der Waals surface area contributed by atoms with E-state index in [4.69, 9.17) is 0 Å². The van der Waals surface area contributed by atoms with Crippen LogP contribution in [0.1, 0.15) is 58.3 Å². The number of amides is 2. The summed E-state index contributed by atoms with van der Waals surface area (Å²) in [5.41, 5.74) is 0. The van der Waals surface area contributed by atoms with E-state index >= 15 is 0 Å². The van der Waals surface area contributed by atoms with Crippen molar-refractivity contribution < 1.29 is 9.59 Å². The Balaban J connectivity index is 1.29. The van der Waals surface area contributed by atoms with Crippen molar-refractivity contribution in [1.82, 2.24) is 10.6 Å². The van der Waals surface area contributed by atoms with E-state index in [9.17, 15) is 9.59 Å². The highest BCUT2D eigenvalue weighted by atomic mass is 16.2. The third-order valence-electron chi connectivity index (χ3n) is 5.65. The van der Waals surface area contributed by atoms with Crippen molar-refractivity contribution in [2.75, 3.05) is 6.54 Å². The molecule has 3 aliphatic rings. The summed E-state index contributed by atoms with van der Waals surface area (Å²) in [6.07, 6.45) is 8.80. The molecule has 4 nitrogen and oxygen atoms in total. The van der Waals surface area contributed by atoms with Gasteiger partial charge in [0, 0.05) is 24.9 Å². The molecular formula is C17H28N2O2. The van der Waals surface area contributed by atoms with Gasteiger partial charge >= 0.3 is 0 Å². The lowest BCUT2D eigenvalue weighted by Crippen LogP contribution is -2.40. The van der Waals surface area contributed by atoms with Crippen LogP contribution < -0.4 is 10.6 Å². The number of nitrogens with one attached hydrogen (secondary N) is 2. The predicted molar refractivity (Wildman–Crippen MR) is 81.5 cm³/mol. The van der Waals surface area contributed by atoms with Crippen LogP contribution in [-0.2, 0) is 9.59 Å². The summed E-state index contributed by atoms with van der Waals surface area (Å²) < 4.78 is 0. The van der Waals surface area contributed by atoms with E-state index in [-0.39, 0.29) is 17.7 Å². The Kier molecular flexibility index (Phi) is 4.51. The SMILES string of the molecule is C[C@@H](NC(=O)CCCNC(=O)C1CC1)[C@@H]1C[C@H]2CC[C@H]1C2. The Morgan fingerprint density at radius 2 is 1.95 bits per heavy atom. The maximum absolute atomic E-state index is 12.0. The number of hydrogen-bond donors (Lipinski definition) is 2. The summed E-state index contributed by atoms with van der Waals surface area (Å²) >= 11 is 0. The molecular weight excluding hydrogens is 264 g/mol. The first-order valence-electron chi connectivity index (χ1n) is 8.70. The van der Waals surface area contributed by atoms with E-state index in [1.807, 2.05) is 0 Å². The van der Waals surface area contributed by atoms with Crippen molar-refractivity contribution in [2.24, 2.45) is 23.7 Å². The van der Waals surface area contributed by atoms with Gasteiger partial charge in [-0.15, -0.1) is 0 Å². The van der Waals surface area contributed by atoms with E-state index in [0.29, 0.717) is 24.9 Å². The molecule has 0 saturated heterocycles. The van der Waals surface area contributed by atoms with Crippen LogP contribution in [0.4, 0.5) is 0 Å². The smallest absolute Gasteiger partial charge is 0.223 e. The van der Waals surface area contributed by atoms with Crippen molar-refractivity contribution in [3.8, 4) is 0 Å². The van der Waals surface area contributed by atoms with Gasteiger partial charge in [-0.3, -0.25) is 9.59 Å². The molecule has 118 valence electrons. The molecule has 3 saturated carbocycles. The van der Waals surface area contributed by atoms with Gasteiger partial charge < -0.3 is 10.6 Å². The largest absolute Gasteiger partial charge is 0.356 e. The van der Waals surface area contributed by atoms with Crippen molar-refractivity contribution in [2.45, 2.75) is 64.3 Å². The van der Waals surface area contributed by atoms with Gasteiger partial charge in [0.2, 0.25) is 11.8 Å². The van der Waals surface area contributed by atoms with Crippen LogP contribution in [0, 0.1) is 23.7 Å². The normalized spacial score (nSPS) is 32.0. The highest BCUT2D eigenvalue weighted by Gasteiger charge is 2.42. The molecule has 0 aromatic rings. The lowest BCUT2D eigenvalue weighted by Gasteiger charge is -2.28. The fourth-order valence-corrected chi connectivity index (χ4v) is 4.29. The minimum atomic E-state index is 0.144. The predicted octanol–water partition coefficient (Wildman–Crippen LogP) is 2.23. The molecule has 0 unspecified atom stereocenters. The number of fused-ring (bicyclic) bond motifs is 2. The second-order valence-electron chi connectivity index (χ2n) is 7.36. The summed E-state index contributed by atoms with van der Waals surface area (Å²) in [6.45, 7) is 2.80. The molecule has 21 heavy (non-hydrogen) atoms. The van der Waals surface area contributed by atoms with Crippen molar-refractivity contribution in [3.63, 3.8) is 0 Å². The standard InChI is InChI=1S/C17H28N2O2/c1-11(15-10-12-4-5-14(15)9-12)19-16(20)3-2-8-18-17(21)13-6-7-13/h11-15H,2-10H2,1H3,(H,18,21)(H,19,20)/t11-,12+,14+,15+/m1/s1. The minimum Gasteiger partial charge on any atom is -0.356 e. The Labute approximate surface area is 127 Å². The number of carbonyl (C=O) groups is 2. The zero-order chi connectivity index (χ0) is 14.8. The highest BCUT2D eigenvalue weighted by Crippen LogP contribution is 2.49. The topological polar surface area (TPSA) is 58.2 Å². The van der Waals surface area contributed by atoms with Crippen LogP contribution in [0.3, 0.4) is 0 Å². The molecule has 0 heterocycles. The van der Waals surface area contributed by atoms with Gasteiger partial charge in [-0.05, 0) is 63.2 Å². The molecule has 2 N–H and O–H groups in total. The van der Waals surface area contributed by atoms with Crippen LogP contribution in [0.25, 0.3) is 0 Å². The van der Waals surface area contributed by atoms with E-state index < -0.39 is 0 Å². The Morgan fingerprint density at radius 1 is 1.14 bits per heavy atom. The molecule has 0 spiro atoms. The van der Waals surface area contributed by atoms with E-state index in [1.165, 1.54) is 25.7 Å². The van der Waals surface area contributed by atoms with Gasteiger partial charge in [-0.25, -0.2) is 0 Å². The summed E-state index contributed by atoms with van der Waals surface area (Å²) in [4.78, 5) is 23.4. The molecule has 0 aromatic heterocycles. The quantitative estimate of drug-likeness (QED) is 0.707. The lowest BCUT2D eigenvalue weighted by molar-refractivity contribution is -0.124. The Hall–Kier alpha value is -1.06. The van der Waals surface area contributed by atoms with Gasteiger partial charge in [-0.2, -0.15) is 0 Å². The van der Waals surface area contributed by atoms with Crippen LogP contribution in [-0.4, -0.2) is 24.4 Å². The lowest BCUT2D eigenvalue weighted by atomic mass is 9.84. The van der Waals surface area contributed by atoms with Crippen LogP contribution in [0.15, 0.2) is 0 Å². The Morgan fingerprint density at radius 3 is 2.57 bits per heavy atom. The second kappa shape index (κ2) is 6.37. The van der Waals surface area contributed by atoms with Gasteiger partial charge in [0.15, 0.2) is 0 Å². The van der Waals surface area contributed by atoms with Gasteiger partial charge in [0.25, 0.3) is 0 Å². The summed E-state index contributed by atoms with van der Waals surface area (Å²) in [5.74, 6) is 3.05. The minimum absolute atomic E-state index is 0.144. The highest BCUT2D eigenvalue weighted by molar-refractivity contribution is 5.81. The second-order valence-corrected chi connectivity index (χ2v) is 7.36. The maximum Gasteiger partial charge on any atom is 0.223 e. The molecule has 3 aliphatic carbocycles. The van der Waals surface area contributed by atoms with Crippen LogP contribution in [0.2, 0.25) is 0 Å². The van der Waals surface area contributed by atoms with Crippen molar-refractivity contribution in [1.29, 1.82) is 0 Å². The van der Waals surface area contributed by atoms with Crippen LogP contribution >= 0.6 is 0 Å². The van der Waals surface area contributed by atoms with Gasteiger partial charge in [0.1, 0.15) is 0 Å². The molecule has 0 aromatic carbocycles. The molecule has 0 aliphatic heterocycles. The average molecular weight is 292 g/mol. The number of carbonyl (C=O) groups excluding carboxylic acids is 2. The molecule has 3 fully saturated rings. The first kappa shape index (κ1) is 14.9. The van der Waals surface area contributed by atoms with Gasteiger partial charge in [0.05, 0.1) is 0 Å². The molecule has 4 heteroatoms. The molecule has 3 rings (SSSR count).